The van der Waals surface area contributed by atoms with Gasteiger partial charge in [0.25, 0.3) is 0 Å². The maximum atomic E-state index is 5.68. The average molecular weight is 354 g/mol. The molecule has 0 saturated heterocycles. The van der Waals surface area contributed by atoms with Crippen LogP contribution < -0.4 is 0 Å². The summed E-state index contributed by atoms with van der Waals surface area (Å²) >= 11 is 22.7. The van der Waals surface area contributed by atoms with Crippen LogP contribution in [-0.4, -0.2) is 28.7 Å². The Hall–Kier alpha value is 1.59. The van der Waals surface area contributed by atoms with Gasteiger partial charge < -0.3 is 0 Å². The van der Waals surface area contributed by atoms with Crippen LogP contribution in [-0.2, 0) is 0 Å². The molecule has 0 fully saturated rings. The molecule has 0 aromatic carbocycles. The van der Waals surface area contributed by atoms with Crippen LogP contribution in [0, 0.1) is 0 Å². The highest BCUT2D eigenvalue weighted by Gasteiger charge is 1.99. The second kappa shape index (κ2) is 14.0. The van der Waals surface area contributed by atoms with Crippen LogP contribution in [0.4, 0.5) is 0 Å². The molecule has 0 radical (unpaired) electrons. The van der Waals surface area contributed by atoms with Gasteiger partial charge in [-0.15, -0.1) is 46.4 Å². The first-order chi connectivity index (χ1) is 8.13. The zero-order chi connectivity index (χ0) is 12.9. The standard InChI is InChI=1S/C11H24Cl4Si2/c12-10(13)4-1-6-16-8-3-9-17-7-2-5-11(14)15/h10-11H,1-9,16-17H2. The van der Waals surface area contributed by atoms with Crippen LogP contribution in [0.25, 0.3) is 0 Å². The Morgan fingerprint density at radius 1 is 0.588 bits per heavy atom. The summed E-state index contributed by atoms with van der Waals surface area (Å²) in [7, 11) is 0.357. The lowest BCUT2D eigenvalue weighted by Gasteiger charge is -2.02. The minimum absolute atomic E-state index is 0.149. The zero-order valence-electron chi connectivity index (χ0n) is 10.4. The third kappa shape index (κ3) is 17.6. The van der Waals surface area contributed by atoms with Crippen molar-refractivity contribution in [2.45, 2.75) is 66.0 Å². The van der Waals surface area contributed by atoms with E-state index in [4.69, 9.17) is 46.4 Å². The fourth-order valence-corrected chi connectivity index (χ4v) is 6.56. The second-order valence-electron chi connectivity index (χ2n) is 4.54. The summed E-state index contributed by atoms with van der Waals surface area (Å²) in [6, 6.07) is 5.85. The molecule has 0 heterocycles. The van der Waals surface area contributed by atoms with Crippen molar-refractivity contribution in [3.05, 3.63) is 0 Å². The maximum absolute atomic E-state index is 5.68. The fraction of sp³-hybridized carbons (Fsp3) is 1.00. The third-order valence-electron chi connectivity index (χ3n) is 2.84. The van der Waals surface area contributed by atoms with Gasteiger partial charge in [0.1, 0.15) is 9.67 Å². The van der Waals surface area contributed by atoms with Gasteiger partial charge in [-0.05, 0) is 12.8 Å². The van der Waals surface area contributed by atoms with Crippen LogP contribution in [0.1, 0.15) is 32.1 Å². The molecule has 104 valence electrons. The zero-order valence-corrected chi connectivity index (χ0v) is 16.3. The summed E-state index contributed by atoms with van der Waals surface area (Å²) in [5.74, 6) is 0. The highest BCUT2D eigenvalue weighted by molar-refractivity contribution is 6.44. The van der Waals surface area contributed by atoms with E-state index in [0.29, 0.717) is 0 Å². The van der Waals surface area contributed by atoms with Crippen molar-refractivity contribution >= 4 is 65.4 Å². The maximum Gasteiger partial charge on any atom is 0.107 e. The van der Waals surface area contributed by atoms with Crippen LogP contribution in [0.15, 0.2) is 0 Å². The topological polar surface area (TPSA) is 0 Å². The molecule has 0 bridgehead atoms. The average Bonchev–Trinajstić information content (AvgIpc) is 2.25. The number of hydrogen-bond acceptors (Lipinski definition) is 0. The Morgan fingerprint density at radius 3 is 1.29 bits per heavy atom. The van der Waals surface area contributed by atoms with Crippen molar-refractivity contribution < 1.29 is 0 Å². The highest BCUT2D eigenvalue weighted by Crippen LogP contribution is 2.13. The minimum Gasteiger partial charge on any atom is -0.105 e. The summed E-state index contributed by atoms with van der Waals surface area (Å²) < 4.78 is 0. The highest BCUT2D eigenvalue weighted by atomic mass is 35.5. The van der Waals surface area contributed by atoms with Crippen molar-refractivity contribution in [1.82, 2.24) is 0 Å². The molecule has 0 unspecified atom stereocenters. The number of rotatable bonds is 12. The molecular weight excluding hydrogens is 330 g/mol. The van der Waals surface area contributed by atoms with E-state index in [1.54, 1.807) is 0 Å². The summed E-state index contributed by atoms with van der Waals surface area (Å²) in [6.07, 6.45) is 5.88. The molecule has 0 spiro atoms. The van der Waals surface area contributed by atoms with E-state index in [1.807, 2.05) is 0 Å². The predicted octanol–water partition coefficient (Wildman–Crippen LogP) is 4.56. The molecule has 0 aromatic rings. The number of halogens is 4. The molecule has 0 amide bonds. The molecule has 0 rings (SSSR count). The lowest BCUT2D eigenvalue weighted by molar-refractivity contribution is 0.845. The normalized spacial score (nSPS) is 13.1. The summed E-state index contributed by atoms with van der Waals surface area (Å²) in [6.45, 7) is 0. The van der Waals surface area contributed by atoms with Crippen LogP contribution >= 0.6 is 46.4 Å². The predicted molar refractivity (Wildman–Crippen MR) is 90.4 cm³/mol. The molecule has 0 saturated carbocycles. The largest absolute Gasteiger partial charge is 0.107 e. The van der Waals surface area contributed by atoms with E-state index in [9.17, 15) is 0 Å². The van der Waals surface area contributed by atoms with Crippen molar-refractivity contribution in [3.63, 3.8) is 0 Å². The molecule has 0 aromatic heterocycles. The van der Waals surface area contributed by atoms with Gasteiger partial charge in [-0.2, -0.15) is 0 Å². The van der Waals surface area contributed by atoms with Gasteiger partial charge in [-0.1, -0.05) is 43.4 Å². The fourth-order valence-electron chi connectivity index (χ4n) is 1.83. The van der Waals surface area contributed by atoms with Gasteiger partial charge in [0.2, 0.25) is 0 Å². The van der Waals surface area contributed by atoms with Crippen LogP contribution in [0.3, 0.4) is 0 Å². The van der Waals surface area contributed by atoms with E-state index < -0.39 is 0 Å². The Labute approximate surface area is 131 Å². The summed E-state index contributed by atoms with van der Waals surface area (Å²) in [4.78, 5) is -0.298. The van der Waals surface area contributed by atoms with E-state index in [-0.39, 0.29) is 28.7 Å². The molecule has 0 aliphatic carbocycles. The molecule has 0 nitrogen and oxygen atoms in total. The van der Waals surface area contributed by atoms with Gasteiger partial charge >= 0.3 is 0 Å². The first-order valence-corrected chi connectivity index (χ1v) is 12.4. The minimum atomic E-state index is -0.149. The van der Waals surface area contributed by atoms with E-state index in [0.717, 1.165) is 12.8 Å². The first kappa shape index (κ1) is 18.6. The Kier molecular flexibility index (Phi) is 15.3. The number of hydrogen-bond donors (Lipinski definition) is 0. The van der Waals surface area contributed by atoms with E-state index in [2.05, 4.69) is 0 Å². The van der Waals surface area contributed by atoms with Gasteiger partial charge in [0.15, 0.2) is 0 Å². The smallest absolute Gasteiger partial charge is 0.105 e. The Balaban J connectivity index is 2.94. The molecule has 0 aliphatic heterocycles. The number of alkyl halides is 4. The molecule has 0 aliphatic rings. The van der Waals surface area contributed by atoms with Crippen molar-refractivity contribution in [2.75, 3.05) is 0 Å². The molecule has 17 heavy (non-hydrogen) atoms. The first-order valence-electron chi connectivity index (χ1n) is 6.69. The Bertz CT molecular complexity index is 140. The SMILES string of the molecule is ClC(Cl)CCC[SiH2]CCC[SiH2]CCCC(Cl)Cl. The van der Waals surface area contributed by atoms with E-state index >= 15 is 0 Å². The lowest BCUT2D eigenvalue weighted by Crippen LogP contribution is -1.95. The third-order valence-corrected chi connectivity index (χ3v) is 7.72. The molecule has 0 N–H and O–H groups in total. The summed E-state index contributed by atoms with van der Waals surface area (Å²) in [5, 5.41) is 0. The molecule has 0 atom stereocenters. The molecular formula is C11H24Cl4Si2. The quantitative estimate of drug-likeness (QED) is 0.274. The van der Waals surface area contributed by atoms with Gasteiger partial charge in [-0.25, -0.2) is 0 Å². The second-order valence-corrected chi connectivity index (χ2v) is 11.3. The van der Waals surface area contributed by atoms with Crippen molar-refractivity contribution in [2.24, 2.45) is 0 Å². The Morgan fingerprint density at radius 2 is 0.941 bits per heavy atom. The van der Waals surface area contributed by atoms with Gasteiger partial charge in [-0.3, -0.25) is 0 Å². The van der Waals surface area contributed by atoms with Crippen molar-refractivity contribution in [3.8, 4) is 0 Å². The van der Waals surface area contributed by atoms with E-state index in [1.165, 1.54) is 43.4 Å². The van der Waals surface area contributed by atoms with Gasteiger partial charge in [0, 0.05) is 19.0 Å². The molecule has 6 heteroatoms. The summed E-state index contributed by atoms with van der Waals surface area (Å²) in [5.41, 5.74) is 0. The lowest BCUT2D eigenvalue weighted by atomic mass is 10.4. The van der Waals surface area contributed by atoms with Gasteiger partial charge in [0.05, 0.1) is 0 Å². The van der Waals surface area contributed by atoms with Crippen LogP contribution in [0.5, 0.6) is 0 Å². The monoisotopic (exact) mass is 352 g/mol. The van der Waals surface area contributed by atoms with Crippen molar-refractivity contribution in [1.29, 1.82) is 0 Å². The van der Waals surface area contributed by atoms with Crippen LogP contribution in [0.2, 0.25) is 24.2 Å².